The highest BCUT2D eigenvalue weighted by Gasteiger charge is 2.11. The zero-order valence-electron chi connectivity index (χ0n) is 8.55. The minimum Gasteiger partial charge on any atom is -0.465 e. The number of carboxylic acid groups (broad SMARTS) is 1. The van der Waals surface area contributed by atoms with E-state index in [0.717, 1.165) is 0 Å². The van der Waals surface area contributed by atoms with Crippen LogP contribution in [0.3, 0.4) is 0 Å². The van der Waals surface area contributed by atoms with Gasteiger partial charge in [0.1, 0.15) is 11.9 Å². The first-order chi connectivity index (χ1) is 7.11. The van der Waals surface area contributed by atoms with Crippen LogP contribution >= 0.6 is 0 Å². The maximum Gasteiger partial charge on any atom is 0.404 e. The molecular weight excluding hydrogens is 198 g/mol. The molecule has 1 aromatic rings. The monoisotopic (exact) mass is 213 g/mol. The van der Waals surface area contributed by atoms with E-state index in [1.807, 2.05) is 0 Å². The Balaban J connectivity index is 2.28. The van der Waals surface area contributed by atoms with Crippen LogP contribution in [-0.4, -0.2) is 32.4 Å². The molecule has 0 saturated heterocycles. The molecule has 0 aliphatic rings. The lowest BCUT2D eigenvalue weighted by Crippen LogP contribution is -2.22. The van der Waals surface area contributed by atoms with Crippen molar-refractivity contribution < 1.29 is 15.0 Å². The number of aliphatic hydroxyl groups excluding tert-OH is 1. The second kappa shape index (κ2) is 5.35. The Morgan fingerprint density at radius 2 is 2.47 bits per heavy atom. The minimum absolute atomic E-state index is 0.344. The molecule has 6 heteroatoms. The highest BCUT2D eigenvalue weighted by molar-refractivity contribution is 5.64. The molecule has 0 bridgehead atoms. The van der Waals surface area contributed by atoms with E-state index >= 15 is 0 Å². The largest absolute Gasteiger partial charge is 0.465 e. The quantitative estimate of drug-likeness (QED) is 0.621. The molecule has 1 heterocycles. The van der Waals surface area contributed by atoms with E-state index in [1.165, 1.54) is 0 Å². The van der Waals surface area contributed by atoms with E-state index in [2.05, 4.69) is 10.3 Å². The van der Waals surface area contributed by atoms with Gasteiger partial charge in [-0.2, -0.15) is 0 Å². The van der Waals surface area contributed by atoms with Crippen molar-refractivity contribution in [2.24, 2.45) is 7.05 Å². The van der Waals surface area contributed by atoms with Crippen molar-refractivity contribution in [3.8, 4) is 0 Å². The molecule has 1 atom stereocenters. The molecule has 1 amide bonds. The highest BCUT2D eigenvalue weighted by atomic mass is 16.4. The number of aryl methyl sites for hydroxylation is 1. The number of amides is 1. The van der Waals surface area contributed by atoms with Gasteiger partial charge in [0.05, 0.1) is 0 Å². The van der Waals surface area contributed by atoms with E-state index < -0.39 is 12.2 Å². The topological polar surface area (TPSA) is 87.4 Å². The van der Waals surface area contributed by atoms with Crippen LogP contribution in [0.2, 0.25) is 0 Å². The van der Waals surface area contributed by atoms with Gasteiger partial charge in [0.25, 0.3) is 0 Å². The lowest BCUT2D eigenvalue weighted by Gasteiger charge is -2.09. The van der Waals surface area contributed by atoms with E-state index in [4.69, 9.17) is 5.11 Å². The van der Waals surface area contributed by atoms with Gasteiger partial charge in [-0.3, -0.25) is 0 Å². The highest BCUT2D eigenvalue weighted by Crippen LogP contribution is 2.14. The van der Waals surface area contributed by atoms with Crippen molar-refractivity contribution in [2.75, 3.05) is 6.54 Å². The molecule has 0 spiro atoms. The molecule has 0 aromatic carbocycles. The van der Waals surface area contributed by atoms with Crippen LogP contribution in [0.5, 0.6) is 0 Å². The predicted molar refractivity (Wildman–Crippen MR) is 53.4 cm³/mol. The number of nitrogens with one attached hydrogen (secondary N) is 1. The van der Waals surface area contributed by atoms with Crippen molar-refractivity contribution in [1.29, 1.82) is 0 Å². The zero-order chi connectivity index (χ0) is 11.3. The molecule has 0 fully saturated rings. The fourth-order valence-electron chi connectivity index (χ4n) is 1.32. The third-order valence-corrected chi connectivity index (χ3v) is 2.09. The SMILES string of the molecule is Cn1ccnc1[C@H](O)CCCNC(=O)O. The Morgan fingerprint density at radius 1 is 1.73 bits per heavy atom. The van der Waals surface area contributed by atoms with Gasteiger partial charge >= 0.3 is 6.09 Å². The first-order valence-electron chi connectivity index (χ1n) is 4.73. The molecule has 0 aliphatic heterocycles. The first-order valence-corrected chi connectivity index (χ1v) is 4.73. The number of hydrogen-bond donors (Lipinski definition) is 3. The lowest BCUT2D eigenvalue weighted by molar-refractivity contribution is 0.150. The van der Waals surface area contributed by atoms with Crippen molar-refractivity contribution in [1.82, 2.24) is 14.9 Å². The van der Waals surface area contributed by atoms with Gasteiger partial charge in [-0.1, -0.05) is 0 Å². The molecule has 3 N–H and O–H groups in total. The molecule has 0 saturated carbocycles. The first kappa shape index (κ1) is 11.5. The number of hydrogen-bond acceptors (Lipinski definition) is 3. The smallest absolute Gasteiger partial charge is 0.404 e. The summed E-state index contributed by atoms with van der Waals surface area (Å²) in [5.74, 6) is 0.602. The zero-order valence-corrected chi connectivity index (χ0v) is 8.55. The van der Waals surface area contributed by atoms with Gasteiger partial charge in [0, 0.05) is 26.0 Å². The summed E-state index contributed by atoms with van der Waals surface area (Å²) >= 11 is 0. The van der Waals surface area contributed by atoms with Crippen LogP contribution in [0.15, 0.2) is 12.4 Å². The fraction of sp³-hybridized carbons (Fsp3) is 0.556. The average Bonchev–Trinajstić information content (AvgIpc) is 2.58. The number of aliphatic hydroxyl groups is 1. The Bertz CT molecular complexity index is 324. The number of carbonyl (C=O) groups is 1. The number of rotatable bonds is 5. The predicted octanol–water partition coefficient (Wildman–Crippen LogP) is 0.501. The summed E-state index contributed by atoms with van der Waals surface area (Å²) in [5.41, 5.74) is 0. The Hall–Kier alpha value is -1.56. The van der Waals surface area contributed by atoms with Gasteiger partial charge in [-0.15, -0.1) is 0 Å². The maximum absolute atomic E-state index is 10.1. The normalized spacial score (nSPS) is 12.4. The Morgan fingerprint density at radius 3 is 3.00 bits per heavy atom. The van der Waals surface area contributed by atoms with Crippen molar-refractivity contribution in [2.45, 2.75) is 18.9 Å². The molecule has 84 valence electrons. The summed E-state index contributed by atoms with van der Waals surface area (Å²) in [7, 11) is 1.81. The average molecular weight is 213 g/mol. The summed E-state index contributed by atoms with van der Waals surface area (Å²) in [4.78, 5) is 14.1. The molecule has 1 aromatic heterocycles. The third kappa shape index (κ3) is 3.59. The van der Waals surface area contributed by atoms with Crippen LogP contribution in [0.4, 0.5) is 4.79 Å². The molecular formula is C9H15N3O3. The minimum atomic E-state index is -1.04. The molecule has 6 nitrogen and oxygen atoms in total. The van der Waals surface area contributed by atoms with Crippen molar-refractivity contribution >= 4 is 6.09 Å². The van der Waals surface area contributed by atoms with Crippen LogP contribution < -0.4 is 5.32 Å². The van der Waals surface area contributed by atoms with Crippen molar-refractivity contribution in [3.63, 3.8) is 0 Å². The van der Waals surface area contributed by atoms with E-state index in [0.29, 0.717) is 25.2 Å². The van der Waals surface area contributed by atoms with Crippen LogP contribution in [-0.2, 0) is 7.05 Å². The van der Waals surface area contributed by atoms with E-state index in [9.17, 15) is 9.90 Å². The Labute approximate surface area is 87.6 Å². The molecule has 0 aliphatic carbocycles. The summed E-state index contributed by atoms with van der Waals surface area (Å²) < 4.78 is 1.75. The van der Waals surface area contributed by atoms with E-state index in [1.54, 1.807) is 24.0 Å². The van der Waals surface area contributed by atoms with Crippen LogP contribution in [0.1, 0.15) is 24.8 Å². The summed E-state index contributed by atoms with van der Waals surface area (Å²) in [6.45, 7) is 0.344. The maximum atomic E-state index is 10.1. The molecule has 0 radical (unpaired) electrons. The van der Waals surface area contributed by atoms with E-state index in [-0.39, 0.29) is 0 Å². The van der Waals surface area contributed by atoms with Gasteiger partial charge in [-0.05, 0) is 12.8 Å². The van der Waals surface area contributed by atoms with Gasteiger partial charge in [0.15, 0.2) is 0 Å². The van der Waals surface area contributed by atoms with Crippen molar-refractivity contribution in [3.05, 3.63) is 18.2 Å². The van der Waals surface area contributed by atoms with Gasteiger partial charge < -0.3 is 20.1 Å². The number of nitrogens with zero attached hydrogens (tertiary/aromatic N) is 2. The lowest BCUT2D eigenvalue weighted by atomic mass is 10.2. The standard InChI is InChI=1S/C9H15N3O3/c1-12-6-5-10-8(12)7(13)3-2-4-11-9(14)15/h5-7,11,13H,2-4H2,1H3,(H,14,15)/t7-/m1/s1. The van der Waals surface area contributed by atoms with Crippen LogP contribution in [0.25, 0.3) is 0 Å². The number of aromatic nitrogens is 2. The van der Waals surface area contributed by atoms with Gasteiger partial charge in [0.2, 0.25) is 0 Å². The second-order valence-corrected chi connectivity index (χ2v) is 3.29. The number of imidazole rings is 1. The van der Waals surface area contributed by atoms with Gasteiger partial charge in [-0.25, -0.2) is 9.78 Å². The summed E-state index contributed by atoms with van der Waals surface area (Å²) in [6.07, 6.45) is 2.77. The Kier molecular flexibility index (Phi) is 4.11. The molecule has 1 rings (SSSR count). The summed E-state index contributed by atoms with van der Waals surface area (Å²) in [5, 5.41) is 20.3. The fourth-order valence-corrected chi connectivity index (χ4v) is 1.32. The third-order valence-electron chi connectivity index (χ3n) is 2.09. The van der Waals surface area contributed by atoms with Crippen LogP contribution in [0, 0.1) is 0 Å². The summed E-state index contributed by atoms with van der Waals surface area (Å²) in [6, 6.07) is 0. The molecule has 0 unspecified atom stereocenters. The molecule has 15 heavy (non-hydrogen) atoms. The second-order valence-electron chi connectivity index (χ2n) is 3.29.